The number of rotatable bonds is 5. The molecule has 1 saturated carbocycles. The molecular formula is C14H18FNO. The summed E-state index contributed by atoms with van der Waals surface area (Å²) in [6.07, 6.45) is 5.00. The summed E-state index contributed by atoms with van der Waals surface area (Å²) in [5.41, 5.74) is 0.491. The molecule has 0 unspecified atom stereocenters. The first-order valence-electron chi connectivity index (χ1n) is 6.24. The topological polar surface area (TPSA) is 29.1 Å². The summed E-state index contributed by atoms with van der Waals surface area (Å²) >= 11 is 0. The predicted molar refractivity (Wildman–Crippen MR) is 65.4 cm³/mol. The Hall–Kier alpha value is -1.22. The van der Waals surface area contributed by atoms with Crippen molar-refractivity contribution in [2.75, 3.05) is 6.54 Å². The van der Waals surface area contributed by atoms with Crippen LogP contribution in [0.2, 0.25) is 0 Å². The smallest absolute Gasteiger partial charge is 0.151 e. The molecule has 2 rings (SSSR count). The zero-order valence-corrected chi connectivity index (χ0v) is 9.92. The van der Waals surface area contributed by atoms with Crippen LogP contribution >= 0.6 is 0 Å². The quantitative estimate of drug-likeness (QED) is 0.849. The van der Waals surface area contributed by atoms with E-state index in [0.29, 0.717) is 18.2 Å². The molecule has 0 aromatic heterocycles. The molecule has 1 aromatic rings. The monoisotopic (exact) mass is 235 g/mol. The van der Waals surface area contributed by atoms with Crippen LogP contribution in [0, 0.1) is 5.82 Å². The molecule has 1 N–H and O–H groups in total. The van der Waals surface area contributed by atoms with Crippen LogP contribution in [0.25, 0.3) is 0 Å². The predicted octanol–water partition coefficient (Wildman–Crippen LogP) is 2.47. The van der Waals surface area contributed by atoms with Crippen LogP contribution in [0.3, 0.4) is 0 Å². The largest absolute Gasteiger partial charge is 0.307 e. The summed E-state index contributed by atoms with van der Waals surface area (Å²) in [5.74, 6) is -0.233. The van der Waals surface area contributed by atoms with Gasteiger partial charge in [-0.2, -0.15) is 0 Å². The van der Waals surface area contributed by atoms with Gasteiger partial charge in [0.25, 0.3) is 0 Å². The lowest BCUT2D eigenvalue weighted by atomic mass is 10.1. The van der Waals surface area contributed by atoms with E-state index in [2.05, 4.69) is 5.32 Å². The SMILES string of the molecule is O=C(CNC1CCCC1)Cc1ccccc1F. The fourth-order valence-electron chi connectivity index (χ4n) is 2.30. The van der Waals surface area contributed by atoms with Gasteiger partial charge in [0, 0.05) is 12.5 Å². The van der Waals surface area contributed by atoms with Gasteiger partial charge in [0.2, 0.25) is 0 Å². The van der Waals surface area contributed by atoms with E-state index >= 15 is 0 Å². The van der Waals surface area contributed by atoms with E-state index in [1.54, 1.807) is 18.2 Å². The van der Waals surface area contributed by atoms with Crippen LogP contribution in [-0.4, -0.2) is 18.4 Å². The Morgan fingerprint density at radius 3 is 2.71 bits per heavy atom. The number of halogens is 1. The summed E-state index contributed by atoms with van der Waals surface area (Å²) in [6.45, 7) is 0.360. The molecule has 0 amide bonds. The molecule has 17 heavy (non-hydrogen) atoms. The molecule has 3 heteroatoms. The van der Waals surface area contributed by atoms with E-state index < -0.39 is 0 Å². The summed E-state index contributed by atoms with van der Waals surface area (Å²) in [5, 5.41) is 3.25. The van der Waals surface area contributed by atoms with Crippen molar-refractivity contribution in [2.45, 2.75) is 38.1 Å². The van der Waals surface area contributed by atoms with Crippen molar-refractivity contribution in [2.24, 2.45) is 0 Å². The molecule has 0 atom stereocenters. The van der Waals surface area contributed by atoms with E-state index in [9.17, 15) is 9.18 Å². The zero-order valence-electron chi connectivity index (χ0n) is 9.92. The fraction of sp³-hybridized carbons (Fsp3) is 0.500. The Bertz CT molecular complexity index is 386. The number of nitrogens with one attached hydrogen (secondary N) is 1. The highest BCUT2D eigenvalue weighted by Crippen LogP contribution is 2.17. The Balaban J connectivity index is 1.79. The number of carbonyl (C=O) groups excluding carboxylic acids is 1. The van der Waals surface area contributed by atoms with Crippen molar-refractivity contribution in [3.05, 3.63) is 35.6 Å². The Kier molecular flexibility index (Phi) is 4.26. The Morgan fingerprint density at radius 1 is 1.29 bits per heavy atom. The minimum atomic E-state index is -0.290. The van der Waals surface area contributed by atoms with Crippen molar-refractivity contribution in [1.82, 2.24) is 5.32 Å². The van der Waals surface area contributed by atoms with Gasteiger partial charge >= 0.3 is 0 Å². The van der Waals surface area contributed by atoms with Gasteiger partial charge in [0.15, 0.2) is 5.78 Å². The average molecular weight is 235 g/mol. The maximum atomic E-state index is 13.3. The highest BCUT2D eigenvalue weighted by atomic mass is 19.1. The lowest BCUT2D eigenvalue weighted by Crippen LogP contribution is -2.32. The third kappa shape index (κ3) is 3.63. The summed E-state index contributed by atoms with van der Waals surface area (Å²) in [6, 6.07) is 6.95. The second kappa shape index (κ2) is 5.92. The second-order valence-electron chi connectivity index (χ2n) is 4.67. The highest BCUT2D eigenvalue weighted by Gasteiger charge is 2.15. The van der Waals surface area contributed by atoms with Crippen LogP contribution in [0.15, 0.2) is 24.3 Å². The molecule has 0 spiro atoms. The molecule has 0 saturated heterocycles. The van der Waals surface area contributed by atoms with E-state index in [1.165, 1.54) is 18.9 Å². The zero-order chi connectivity index (χ0) is 12.1. The number of benzene rings is 1. The number of carbonyl (C=O) groups is 1. The van der Waals surface area contributed by atoms with Crippen LogP contribution in [-0.2, 0) is 11.2 Å². The van der Waals surface area contributed by atoms with Crippen LogP contribution in [0.1, 0.15) is 31.2 Å². The average Bonchev–Trinajstić information content (AvgIpc) is 2.82. The van der Waals surface area contributed by atoms with Crippen LogP contribution in [0.5, 0.6) is 0 Å². The van der Waals surface area contributed by atoms with E-state index in [0.717, 1.165) is 12.8 Å². The van der Waals surface area contributed by atoms with Gasteiger partial charge in [-0.1, -0.05) is 31.0 Å². The van der Waals surface area contributed by atoms with Gasteiger partial charge < -0.3 is 5.32 Å². The van der Waals surface area contributed by atoms with Gasteiger partial charge in [-0.3, -0.25) is 4.79 Å². The standard InChI is InChI=1S/C14H18FNO/c15-14-8-4-1-5-11(14)9-13(17)10-16-12-6-2-3-7-12/h1,4-5,8,12,16H,2-3,6-7,9-10H2. The Morgan fingerprint density at radius 2 is 2.00 bits per heavy atom. The van der Waals surface area contributed by atoms with Crippen molar-refractivity contribution >= 4 is 5.78 Å². The second-order valence-corrected chi connectivity index (χ2v) is 4.67. The number of ketones is 1. The molecule has 0 radical (unpaired) electrons. The number of Topliss-reactive ketones (excluding diaryl/α,β-unsaturated/α-hetero) is 1. The van der Waals surface area contributed by atoms with Crippen molar-refractivity contribution < 1.29 is 9.18 Å². The first-order chi connectivity index (χ1) is 8.25. The van der Waals surface area contributed by atoms with Gasteiger partial charge in [0.05, 0.1) is 6.54 Å². The maximum absolute atomic E-state index is 13.3. The Labute approximate surface area is 101 Å². The summed E-state index contributed by atoms with van der Waals surface area (Å²) in [7, 11) is 0. The highest BCUT2D eigenvalue weighted by molar-refractivity contribution is 5.82. The molecule has 2 nitrogen and oxygen atoms in total. The third-order valence-electron chi connectivity index (χ3n) is 3.29. The first kappa shape index (κ1) is 12.2. The van der Waals surface area contributed by atoms with Crippen LogP contribution in [0.4, 0.5) is 4.39 Å². The number of hydrogen-bond donors (Lipinski definition) is 1. The van der Waals surface area contributed by atoms with E-state index in [4.69, 9.17) is 0 Å². The maximum Gasteiger partial charge on any atom is 0.151 e. The molecule has 1 aliphatic carbocycles. The molecule has 0 bridgehead atoms. The lowest BCUT2D eigenvalue weighted by Gasteiger charge is -2.10. The summed E-state index contributed by atoms with van der Waals surface area (Å²) in [4.78, 5) is 11.7. The van der Waals surface area contributed by atoms with Gasteiger partial charge in [-0.15, -0.1) is 0 Å². The fourth-order valence-corrected chi connectivity index (χ4v) is 2.30. The van der Waals surface area contributed by atoms with Gasteiger partial charge in [0.1, 0.15) is 5.82 Å². The lowest BCUT2D eigenvalue weighted by molar-refractivity contribution is -0.117. The molecule has 1 aliphatic rings. The summed E-state index contributed by atoms with van der Waals surface area (Å²) < 4.78 is 13.3. The van der Waals surface area contributed by atoms with Crippen molar-refractivity contribution in [1.29, 1.82) is 0 Å². The molecule has 0 aliphatic heterocycles. The first-order valence-corrected chi connectivity index (χ1v) is 6.24. The van der Waals surface area contributed by atoms with Crippen LogP contribution < -0.4 is 5.32 Å². The van der Waals surface area contributed by atoms with E-state index in [1.807, 2.05) is 0 Å². The molecule has 0 heterocycles. The molecular weight excluding hydrogens is 217 g/mol. The minimum absolute atomic E-state index is 0.0574. The van der Waals surface area contributed by atoms with Crippen molar-refractivity contribution in [3.63, 3.8) is 0 Å². The molecule has 1 aromatic carbocycles. The molecule has 1 fully saturated rings. The van der Waals surface area contributed by atoms with Gasteiger partial charge in [-0.05, 0) is 24.5 Å². The third-order valence-corrected chi connectivity index (χ3v) is 3.29. The van der Waals surface area contributed by atoms with E-state index in [-0.39, 0.29) is 18.0 Å². The number of hydrogen-bond acceptors (Lipinski definition) is 2. The molecule has 92 valence electrons. The van der Waals surface area contributed by atoms with Crippen molar-refractivity contribution in [3.8, 4) is 0 Å². The minimum Gasteiger partial charge on any atom is -0.307 e. The van der Waals surface area contributed by atoms with Gasteiger partial charge in [-0.25, -0.2) is 4.39 Å². The normalized spacial score (nSPS) is 16.3.